The van der Waals surface area contributed by atoms with E-state index in [9.17, 15) is 4.79 Å². The van der Waals surface area contributed by atoms with Crippen LogP contribution < -0.4 is 5.32 Å². The molecule has 10 heteroatoms. The van der Waals surface area contributed by atoms with Crippen molar-refractivity contribution >= 4 is 31.1 Å². The predicted molar refractivity (Wildman–Crippen MR) is 131 cm³/mol. The van der Waals surface area contributed by atoms with Crippen LogP contribution in [0.25, 0.3) is 22.4 Å². The summed E-state index contributed by atoms with van der Waals surface area (Å²) in [6.45, 7) is 9.51. The standard InChI is InChI=1S/C23H32N6O3Si/c1-31-23(30)28-10-7-17(15-28)26-21-18(6-5-9-24-21)20-14-25-22-19(27-20)8-11-29(22)16-32-12-13-33(2,3)4/h5-6,8-9,11,14,17H,7,10,12-13,15-16H2,1-4H3,(H,24,26). The van der Waals surface area contributed by atoms with Crippen LogP contribution in [0.1, 0.15) is 6.42 Å². The largest absolute Gasteiger partial charge is 0.453 e. The summed E-state index contributed by atoms with van der Waals surface area (Å²) in [7, 11) is 0.296. The van der Waals surface area contributed by atoms with Gasteiger partial charge in [-0.05, 0) is 30.7 Å². The molecule has 0 bridgehead atoms. The Balaban J connectivity index is 1.47. The molecule has 1 fully saturated rings. The van der Waals surface area contributed by atoms with E-state index in [4.69, 9.17) is 14.5 Å². The van der Waals surface area contributed by atoms with E-state index in [2.05, 4.69) is 34.9 Å². The normalized spacial score (nSPS) is 16.4. The lowest BCUT2D eigenvalue weighted by molar-refractivity contribution is 0.0899. The molecular weight excluding hydrogens is 436 g/mol. The van der Waals surface area contributed by atoms with Crippen molar-refractivity contribution in [1.82, 2.24) is 24.4 Å². The van der Waals surface area contributed by atoms with E-state index in [0.29, 0.717) is 19.8 Å². The zero-order chi connectivity index (χ0) is 23.4. The highest BCUT2D eigenvalue weighted by Crippen LogP contribution is 2.27. The first-order chi connectivity index (χ1) is 15.8. The second-order valence-electron chi connectivity index (χ2n) is 9.54. The molecule has 1 amide bonds. The third-order valence-corrected chi connectivity index (χ3v) is 7.44. The number of rotatable bonds is 8. The number of anilines is 1. The monoisotopic (exact) mass is 468 g/mol. The van der Waals surface area contributed by atoms with Crippen molar-refractivity contribution in [3.63, 3.8) is 0 Å². The van der Waals surface area contributed by atoms with Crippen molar-refractivity contribution in [2.45, 2.75) is 44.9 Å². The summed E-state index contributed by atoms with van der Waals surface area (Å²) in [5, 5.41) is 3.47. The number of carbonyl (C=O) groups excluding carboxylic acids is 1. The number of nitrogens with one attached hydrogen (secondary N) is 1. The molecule has 4 rings (SSSR count). The fourth-order valence-electron chi connectivity index (χ4n) is 3.83. The summed E-state index contributed by atoms with van der Waals surface area (Å²) in [6, 6.07) is 7.07. The minimum atomic E-state index is -1.11. The lowest BCUT2D eigenvalue weighted by Gasteiger charge is -2.17. The van der Waals surface area contributed by atoms with E-state index in [1.807, 2.05) is 29.0 Å². The molecule has 9 nitrogen and oxygen atoms in total. The maximum atomic E-state index is 11.8. The van der Waals surface area contributed by atoms with Gasteiger partial charge in [0, 0.05) is 51.8 Å². The van der Waals surface area contributed by atoms with Crippen LogP contribution >= 0.6 is 0 Å². The average Bonchev–Trinajstić information content (AvgIpc) is 3.42. The number of hydrogen-bond donors (Lipinski definition) is 1. The van der Waals surface area contributed by atoms with Gasteiger partial charge in [-0.1, -0.05) is 19.6 Å². The van der Waals surface area contributed by atoms with Gasteiger partial charge in [-0.25, -0.2) is 19.7 Å². The Labute approximate surface area is 195 Å². The summed E-state index contributed by atoms with van der Waals surface area (Å²) in [5.74, 6) is 0.733. The molecule has 176 valence electrons. The molecule has 0 spiro atoms. The van der Waals surface area contributed by atoms with E-state index in [1.54, 1.807) is 17.3 Å². The van der Waals surface area contributed by atoms with Crippen LogP contribution in [0.5, 0.6) is 0 Å². The van der Waals surface area contributed by atoms with Gasteiger partial charge >= 0.3 is 6.09 Å². The predicted octanol–water partition coefficient (Wildman–Crippen LogP) is 4.06. The molecule has 1 aliphatic heterocycles. The van der Waals surface area contributed by atoms with Crippen molar-refractivity contribution in [1.29, 1.82) is 0 Å². The van der Waals surface area contributed by atoms with Gasteiger partial charge in [-0.3, -0.25) is 0 Å². The summed E-state index contributed by atoms with van der Waals surface area (Å²) in [5.41, 5.74) is 3.24. The third-order valence-electron chi connectivity index (χ3n) is 5.74. The van der Waals surface area contributed by atoms with Gasteiger partial charge in [0.05, 0.1) is 19.0 Å². The molecule has 1 saturated heterocycles. The maximum absolute atomic E-state index is 11.8. The number of carbonyl (C=O) groups is 1. The van der Waals surface area contributed by atoms with Crippen molar-refractivity contribution in [3.05, 3.63) is 36.8 Å². The summed E-state index contributed by atoms with van der Waals surface area (Å²) in [6.07, 6.45) is 6.02. The first-order valence-corrected chi connectivity index (χ1v) is 15.0. The fourth-order valence-corrected chi connectivity index (χ4v) is 4.59. The van der Waals surface area contributed by atoms with Crippen LogP contribution in [0, 0.1) is 0 Å². The van der Waals surface area contributed by atoms with Crippen LogP contribution in [-0.4, -0.2) is 71.4 Å². The van der Waals surface area contributed by atoms with Gasteiger partial charge in [0.2, 0.25) is 0 Å². The zero-order valence-corrected chi connectivity index (χ0v) is 20.7. The summed E-state index contributed by atoms with van der Waals surface area (Å²) < 4.78 is 12.7. The van der Waals surface area contributed by atoms with Gasteiger partial charge in [0.25, 0.3) is 0 Å². The van der Waals surface area contributed by atoms with E-state index in [-0.39, 0.29) is 12.1 Å². The zero-order valence-electron chi connectivity index (χ0n) is 19.7. The molecule has 1 unspecified atom stereocenters. The van der Waals surface area contributed by atoms with Crippen LogP contribution in [0.3, 0.4) is 0 Å². The molecule has 0 saturated carbocycles. The van der Waals surface area contributed by atoms with Crippen molar-refractivity contribution < 1.29 is 14.3 Å². The lowest BCUT2D eigenvalue weighted by atomic mass is 10.1. The third kappa shape index (κ3) is 5.69. The number of aromatic nitrogens is 4. The molecule has 4 heterocycles. The molecule has 1 aliphatic rings. The Bertz CT molecular complexity index is 1110. The number of methoxy groups -OCH3 is 1. The van der Waals surface area contributed by atoms with Crippen LogP contribution in [0.15, 0.2) is 36.8 Å². The van der Waals surface area contributed by atoms with E-state index in [0.717, 1.165) is 47.3 Å². The maximum Gasteiger partial charge on any atom is 0.409 e. The van der Waals surface area contributed by atoms with E-state index < -0.39 is 8.07 Å². The van der Waals surface area contributed by atoms with Gasteiger partial charge in [-0.15, -0.1) is 0 Å². The molecule has 1 atom stereocenters. The molecule has 3 aromatic heterocycles. The molecule has 0 aromatic carbocycles. The highest BCUT2D eigenvalue weighted by molar-refractivity contribution is 6.76. The van der Waals surface area contributed by atoms with Gasteiger partial charge in [-0.2, -0.15) is 0 Å². The SMILES string of the molecule is COC(=O)N1CCC(Nc2ncccc2-c2cnc3c(ccn3COCC[Si](C)(C)C)n2)C1. The Morgan fingerprint density at radius 3 is 2.91 bits per heavy atom. The molecule has 3 aromatic rings. The molecule has 33 heavy (non-hydrogen) atoms. The van der Waals surface area contributed by atoms with Crippen molar-refractivity contribution in [2.75, 3.05) is 32.1 Å². The average molecular weight is 469 g/mol. The number of fused-ring (bicyclic) bond motifs is 1. The van der Waals surface area contributed by atoms with E-state index in [1.165, 1.54) is 7.11 Å². The smallest absolute Gasteiger partial charge is 0.409 e. The second kappa shape index (κ2) is 9.88. The molecule has 1 N–H and O–H groups in total. The molecular formula is C23H32N6O3Si. The van der Waals surface area contributed by atoms with Crippen molar-refractivity contribution in [2.24, 2.45) is 0 Å². The topological polar surface area (TPSA) is 94.4 Å². The number of likely N-dealkylation sites (tertiary alicyclic amines) is 1. The van der Waals surface area contributed by atoms with E-state index >= 15 is 0 Å². The lowest BCUT2D eigenvalue weighted by Crippen LogP contribution is -2.31. The number of hydrogen-bond acceptors (Lipinski definition) is 7. The van der Waals surface area contributed by atoms with Crippen LogP contribution in [0.4, 0.5) is 10.6 Å². The highest BCUT2D eigenvalue weighted by atomic mass is 28.3. The van der Waals surface area contributed by atoms with Crippen LogP contribution in [0.2, 0.25) is 25.7 Å². The fraction of sp³-hybridized carbons (Fsp3) is 0.478. The van der Waals surface area contributed by atoms with Gasteiger partial charge in [0.1, 0.15) is 18.1 Å². The number of pyridine rings is 1. The molecule has 0 aliphatic carbocycles. The Morgan fingerprint density at radius 1 is 1.27 bits per heavy atom. The first-order valence-electron chi connectivity index (χ1n) is 11.3. The minimum absolute atomic E-state index is 0.101. The Kier molecular flexibility index (Phi) is 6.94. The number of ether oxygens (including phenoxy) is 2. The first kappa shape index (κ1) is 23.2. The van der Waals surface area contributed by atoms with Gasteiger partial charge in [0.15, 0.2) is 5.65 Å². The second-order valence-corrected chi connectivity index (χ2v) is 15.2. The van der Waals surface area contributed by atoms with Crippen LogP contribution in [-0.2, 0) is 16.2 Å². The highest BCUT2D eigenvalue weighted by Gasteiger charge is 2.27. The Morgan fingerprint density at radius 2 is 2.12 bits per heavy atom. The minimum Gasteiger partial charge on any atom is -0.453 e. The van der Waals surface area contributed by atoms with Gasteiger partial charge < -0.3 is 24.3 Å². The molecule has 0 radical (unpaired) electrons. The summed E-state index contributed by atoms with van der Waals surface area (Å²) in [4.78, 5) is 27.5. The Hall–Kier alpha value is -2.98. The summed E-state index contributed by atoms with van der Waals surface area (Å²) >= 11 is 0. The number of amides is 1. The quantitative estimate of drug-likeness (QED) is 0.393. The number of nitrogens with zero attached hydrogens (tertiary/aromatic N) is 5. The van der Waals surface area contributed by atoms with Crippen molar-refractivity contribution in [3.8, 4) is 11.3 Å².